The van der Waals surface area contributed by atoms with Crippen LogP contribution in [0.4, 0.5) is 0 Å². The number of rotatable bonds is 4. The molecular weight excluding hydrogens is 160 g/mol. The summed E-state index contributed by atoms with van der Waals surface area (Å²) in [4.78, 5) is 0. The minimum Gasteiger partial charge on any atom is -0.245 e. The highest BCUT2D eigenvalue weighted by Gasteiger charge is 2.20. The lowest BCUT2D eigenvalue weighted by Gasteiger charge is -2.00. The highest BCUT2D eigenvalue weighted by molar-refractivity contribution is 7.91. The molecule has 3 nitrogen and oxygen atoms in total. The van der Waals surface area contributed by atoms with E-state index < -0.39 is 9.92 Å². The molecule has 66 valence electrons. The van der Waals surface area contributed by atoms with Gasteiger partial charge >= 0.3 is 0 Å². The third kappa shape index (κ3) is 3.72. The molecule has 1 atom stereocenters. The van der Waals surface area contributed by atoms with Crippen molar-refractivity contribution in [1.29, 1.82) is 0 Å². The van der Waals surface area contributed by atoms with E-state index in [1.807, 2.05) is 6.92 Å². The Morgan fingerprint density at radius 3 is 2.73 bits per heavy atom. The molecule has 11 heavy (non-hydrogen) atoms. The van der Waals surface area contributed by atoms with Gasteiger partial charge < -0.3 is 0 Å². The summed E-state index contributed by atoms with van der Waals surface area (Å²) < 4.78 is 15.3. The van der Waals surface area contributed by atoms with E-state index in [2.05, 4.69) is 4.36 Å². The average Bonchev–Trinajstić information content (AvgIpc) is 2.65. The Bertz CT molecular complexity index is 227. The van der Waals surface area contributed by atoms with E-state index in [9.17, 15) is 4.21 Å². The first-order chi connectivity index (χ1) is 5.14. The second-order valence-electron chi connectivity index (χ2n) is 3.15. The van der Waals surface area contributed by atoms with Gasteiger partial charge in [-0.25, -0.2) is 13.7 Å². The molecular formula is C7H16N2OS. The van der Waals surface area contributed by atoms with E-state index in [-0.39, 0.29) is 0 Å². The number of nitrogens with zero attached hydrogens (tertiary/aromatic N) is 1. The van der Waals surface area contributed by atoms with Crippen molar-refractivity contribution in [2.75, 3.05) is 12.3 Å². The van der Waals surface area contributed by atoms with Crippen molar-refractivity contribution in [2.24, 2.45) is 15.4 Å². The largest absolute Gasteiger partial charge is 0.245 e. The molecule has 0 aromatic heterocycles. The quantitative estimate of drug-likeness (QED) is 0.686. The van der Waals surface area contributed by atoms with Gasteiger partial charge in [-0.1, -0.05) is 6.92 Å². The third-order valence-corrected chi connectivity index (χ3v) is 3.32. The maximum Gasteiger partial charge on any atom is 0.105 e. The zero-order valence-corrected chi connectivity index (χ0v) is 7.77. The van der Waals surface area contributed by atoms with Gasteiger partial charge in [-0.2, -0.15) is 0 Å². The zero-order valence-electron chi connectivity index (χ0n) is 6.95. The summed E-state index contributed by atoms with van der Waals surface area (Å²) in [5.74, 6) is 1.23. The molecule has 0 saturated heterocycles. The summed E-state index contributed by atoms with van der Waals surface area (Å²) in [5.41, 5.74) is 0. The SMILES string of the molecule is CCCS(N)(=O)=NCC1CC1. The van der Waals surface area contributed by atoms with Gasteiger partial charge in [-0.05, 0) is 25.2 Å². The van der Waals surface area contributed by atoms with Crippen molar-refractivity contribution >= 4 is 9.92 Å². The van der Waals surface area contributed by atoms with Crippen LogP contribution >= 0.6 is 0 Å². The van der Waals surface area contributed by atoms with Crippen LogP contribution in [0.15, 0.2) is 4.36 Å². The number of hydrogen-bond acceptors (Lipinski definition) is 2. The Morgan fingerprint density at radius 1 is 1.64 bits per heavy atom. The Balaban J connectivity index is 2.39. The summed E-state index contributed by atoms with van der Waals surface area (Å²) in [6, 6.07) is 0. The Morgan fingerprint density at radius 2 is 2.27 bits per heavy atom. The number of hydrogen-bond donors (Lipinski definition) is 1. The van der Waals surface area contributed by atoms with Gasteiger partial charge in [-0.3, -0.25) is 0 Å². The van der Waals surface area contributed by atoms with Crippen molar-refractivity contribution in [3.05, 3.63) is 0 Å². The average molecular weight is 176 g/mol. The summed E-state index contributed by atoms with van der Waals surface area (Å²) in [7, 11) is -2.31. The van der Waals surface area contributed by atoms with Gasteiger partial charge in [-0.15, -0.1) is 0 Å². The molecule has 1 aliphatic rings. The first-order valence-electron chi connectivity index (χ1n) is 4.12. The maximum atomic E-state index is 11.3. The van der Waals surface area contributed by atoms with E-state index in [1.54, 1.807) is 0 Å². The molecule has 1 fully saturated rings. The lowest BCUT2D eigenvalue weighted by molar-refractivity contribution is 0.672. The molecule has 4 heteroatoms. The molecule has 1 unspecified atom stereocenters. The van der Waals surface area contributed by atoms with E-state index in [1.165, 1.54) is 12.8 Å². The summed E-state index contributed by atoms with van der Waals surface area (Å²) in [5, 5.41) is 5.46. The van der Waals surface area contributed by atoms with Crippen LogP contribution < -0.4 is 5.14 Å². The molecule has 2 N–H and O–H groups in total. The van der Waals surface area contributed by atoms with Gasteiger partial charge in [0.25, 0.3) is 0 Å². The molecule has 0 radical (unpaired) electrons. The fourth-order valence-electron chi connectivity index (χ4n) is 0.889. The van der Waals surface area contributed by atoms with Crippen molar-refractivity contribution < 1.29 is 4.21 Å². The standard InChI is InChI=1S/C7H16N2OS/c1-2-5-11(8,10)9-6-7-3-4-7/h7H,2-6H2,1H3,(H2,8,9,10). The molecule has 0 heterocycles. The highest BCUT2D eigenvalue weighted by Crippen LogP contribution is 2.29. The van der Waals surface area contributed by atoms with Gasteiger partial charge in [0.05, 0.1) is 6.54 Å². The van der Waals surface area contributed by atoms with Crippen LogP contribution in [-0.2, 0) is 9.92 Å². The van der Waals surface area contributed by atoms with Crippen LogP contribution in [0.25, 0.3) is 0 Å². The van der Waals surface area contributed by atoms with Gasteiger partial charge in [0, 0.05) is 5.75 Å². The molecule has 0 aliphatic heterocycles. The van der Waals surface area contributed by atoms with Gasteiger partial charge in [0.2, 0.25) is 0 Å². The normalized spacial score (nSPS) is 22.7. The van der Waals surface area contributed by atoms with E-state index in [0.29, 0.717) is 11.7 Å². The molecule has 1 aliphatic carbocycles. The topological polar surface area (TPSA) is 55.5 Å². The van der Waals surface area contributed by atoms with Crippen LogP contribution in [-0.4, -0.2) is 16.5 Å². The second kappa shape index (κ2) is 3.54. The summed E-state index contributed by atoms with van der Waals surface area (Å²) in [6.45, 7) is 2.69. The number of nitrogens with two attached hydrogens (primary N) is 1. The lowest BCUT2D eigenvalue weighted by atomic mass is 10.4. The van der Waals surface area contributed by atoms with Crippen molar-refractivity contribution in [3.8, 4) is 0 Å². The minimum atomic E-state index is -2.31. The monoisotopic (exact) mass is 176 g/mol. The van der Waals surface area contributed by atoms with Crippen LogP contribution in [0.2, 0.25) is 0 Å². The molecule has 1 saturated carbocycles. The van der Waals surface area contributed by atoms with E-state index in [4.69, 9.17) is 5.14 Å². The highest BCUT2D eigenvalue weighted by atomic mass is 32.2. The Hall–Kier alpha value is -0.0900. The fourth-order valence-corrected chi connectivity index (χ4v) is 2.07. The van der Waals surface area contributed by atoms with Crippen molar-refractivity contribution in [3.63, 3.8) is 0 Å². The zero-order chi connectivity index (χ0) is 8.32. The van der Waals surface area contributed by atoms with E-state index in [0.717, 1.165) is 13.0 Å². The molecule has 0 aromatic rings. The predicted octanol–water partition coefficient (Wildman–Crippen LogP) is 1.15. The second-order valence-corrected chi connectivity index (χ2v) is 5.19. The first kappa shape index (κ1) is 9.00. The molecule has 0 spiro atoms. The van der Waals surface area contributed by atoms with E-state index >= 15 is 0 Å². The van der Waals surface area contributed by atoms with Crippen LogP contribution in [0, 0.1) is 5.92 Å². The summed E-state index contributed by atoms with van der Waals surface area (Å²) in [6.07, 6.45) is 3.33. The van der Waals surface area contributed by atoms with Gasteiger partial charge in [0.1, 0.15) is 9.92 Å². The van der Waals surface area contributed by atoms with Crippen LogP contribution in [0.5, 0.6) is 0 Å². The lowest BCUT2D eigenvalue weighted by Crippen LogP contribution is -2.16. The maximum absolute atomic E-state index is 11.3. The minimum absolute atomic E-state index is 0.541. The van der Waals surface area contributed by atoms with Crippen LogP contribution in [0.1, 0.15) is 26.2 Å². The fraction of sp³-hybridized carbons (Fsp3) is 1.00. The smallest absolute Gasteiger partial charge is 0.105 e. The summed E-state index contributed by atoms with van der Waals surface area (Å²) >= 11 is 0. The van der Waals surface area contributed by atoms with Crippen molar-refractivity contribution in [2.45, 2.75) is 26.2 Å². The third-order valence-electron chi connectivity index (χ3n) is 1.74. The Labute approximate surface area is 68.7 Å². The molecule has 0 bridgehead atoms. The van der Waals surface area contributed by atoms with Gasteiger partial charge in [0.15, 0.2) is 0 Å². The molecule has 1 rings (SSSR count). The molecule has 0 amide bonds. The predicted molar refractivity (Wildman–Crippen MR) is 47.5 cm³/mol. The van der Waals surface area contributed by atoms with Crippen molar-refractivity contribution in [1.82, 2.24) is 0 Å². The Kier molecular flexibility index (Phi) is 2.90. The first-order valence-corrected chi connectivity index (χ1v) is 5.87. The van der Waals surface area contributed by atoms with Crippen LogP contribution in [0.3, 0.4) is 0 Å². The molecule has 0 aromatic carbocycles.